The van der Waals surface area contributed by atoms with E-state index >= 15 is 0 Å². The molecular formula is C17H13FeN4+. The topological polar surface area (TPSA) is 52.2 Å². The quantitative estimate of drug-likeness (QED) is 0.414. The molecule has 0 unspecified atom stereocenters. The Morgan fingerprint density at radius 3 is 2.09 bits per heavy atom. The van der Waals surface area contributed by atoms with E-state index in [1.54, 1.807) is 12.4 Å². The number of hydrogen-bond donors (Lipinski definition) is 0. The van der Waals surface area contributed by atoms with Crippen LogP contribution in [0.3, 0.4) is 0 Å². The van der Waals surface area contributed by atoms with Gasteiger partial charge in [-0.25, -0.2) is 0 Å². The smallest absolute Gasteiger partial charge is 0.442 e. The monoisotopic (exact) mass is 329 g/mol. The van der Waals surface area contributed by atoms with Crippen LogP contribution in [0.1, 0.15) is 11.3 Å². The van der Waals surface area contributed by atoms with Gasteiger partial charge < -0.3 is 10.4 Å². The SMILES string of the molecule is [Fe+2].c1ccc(C(=N[N-]c2ccccn2)c2ccccn2)cc1. The molecule has 22 heavy (non-hydrogen) atoms. The summed E-state index contributed by atoms with van der Waals surface area (Å²) in [6, 6.07) is 21.1. The molecule has 0 spiro atoms. The van der Waals surface area contributed by atoms with Gasteiger partial charge in [-0.2, -0.15) is 0 Å². The average Bonchev–Trinajstić information content (AvgIpc) is 2.58. The molecule has 0 atom stereocenters. The first-order chi connectivity index (χ1) is 10.4. The molecule has 3 aromatic rings. The van der Waals surface area contributed by atoms with E-state index in [4.69, 9.17) is 0 Å². The third-order valence-electron chi connectivity index (χ3n) is 2.86. The zero-order valence-corrected chi connectivity index (χ0v) is 12.8. The van der Waals surface area contributed by atoms with Crippen LogP contribution in [0.25, 0.3) is 5.43 Å². The standard InChI is InChI=1S/C17H13N4.Fe/c1-2-8-14(9-3-1)17(15-10-4-6-12-18-15)21-20-16-11-5-7-13-19-16;/h1-13H;/q-1;+2. The molecule has 0 amide bonds. The molecule has 2 aromatic heterocycles. The van der Waals surface area contributed by atoms with Crippen molar-refractivity contribution in [3.63, 3.8) is 0 Å². The molecule has 0 aliphatic heterocycles. The minimum atomic E-state index is 0. The first kappa shape index (κ1) is 15.9. The van der Waals surface area contributed by atoms with Crippen molar-refractivity contribution in [1.29, 1.82) is 0 Å². The van der Waals surface area contributed by atoms with Gasteiger partial charge in [-0.05, 0) is 18.0 Å². The van der Waals surface area contributed by atoms with Crippen molar-refractivity contribution in [2.75, 3.05) is 0 Å². The fourth-order valence-corrected chi connectivity index (χ4v) is 1.87. The Morgan fingerprint density at radius 1 is 0.773 bits per heavy atom. The largest absolute Gasteiger partial charge is 2.00 e. The Labute approximate surface area is 139 Å². The van der Waals surface area contributed by atoms with Gasteiger partial charge in [-0.15, -0.1) is 0 Å². The van der Waals surface area contributed by atoms with Crippen LogP contribution in [-0.2, 0) is 17.1 Å². The summed E-state index contributed by atoms with van der Waals surface area (Å²) in [7, 11) is 0. The maximum absolute atomic E-state index is 4.36. The number of pyridine rings is 2. The van der Waals surface area contributed by atoms with Crippen LogP contribution < -0.4 is 0 Å². The molecule has 0 N–H and O–H groups in total. The summed E-state index contributed by atoms with van der Waals surface area (Å²) in [4.78, 5) is 8.50. The fourth-order valence-electron chi connectivity index (χ4n) is 1.87. The van der Waals surface area contributed by atoms with Crippen molar-refractivity contribution < 1.29 is 17.1 Å². The maximum Gasteiger partial charge on any atom is 2.00 e. The van der Waals surface area contributed by atoms with Gasteiger partial charge in [0.25, 0.3) is 0 Å². The number of aromatic nitrogens is 2. The second-order valence-corrected chi connectivity index (χ2v) is 4.32. The van der Waals surface area contributed by atoms with Crippen LogP contribution in [0.2, 0.25) is 0 Å². The van der Waals surface area contributed by atoms with Crippen molar-refractivity contribution in [2.45, 2.75) is 0 Å². The first-order valence-electron chi connectivity index (χ1n) is 6.60. The molecule has 0 saturated heterocycles. The minimum absolute atomic E-state index is 0. The third kappa shape index (κ3) is 4.01. The molecule has 5 heteroatoms. The van der Waals surface area contributed by atoms with E-state index in [0.29, 0.717) is 5.82 Å². The van der Waals surface area contributed by atoms with Crippen LogP contribution >= 0.6 is 0 Å². The van der Waals surface area contributed by atoms with E-state index in [1.807, 2.05) is 66.7 Å². The Balaban J connectivity index is 0.00000176. The average molecular weight is 329 g/mol. The summed E-state index contributed by atoms with van der Waals surface area (Å²) in [5, 5.41) is 4.35. The molecule has 0 aliphatic rings. The summed E-state index contributed by atoms with van der Waals surface area (Å²) in [6.45, 7) is 0. The molecule has 3 rings (SSSR count). The molecule has 0 bridgehead atoms. The first-order valence-corrected chi connectivity index (χ1v) is 6.60. The maximum atomic E-state index is 4.36. The second-order valence-electron chi connectivity index (χ2n) is 4.32. The molecule has 0 fully saturated rings. The van der Waals surface area contributed by atoms with E-state index in [-0.39, 0.29) is 17.1 Å². The molecule has 0 saturated carbocycles. The second kappa shape index (κ2) is 8.07. The Morgan fingerprint density at radius 2 is 1.45 bits per heavy atom. The third-order valence-corrected chi connectivity index (χ3v) is 2.86. The predicted molar refractivity (Wildman–Crippen MR) is 83.6 cm³/mol. The van der Waals surface area contributed by atoms with Crippen LogP contribution in [0.4, 0.5) is 5.82 Å². The van der Waals surface area contributed by atoms with Crippen LogP contribution in [0.15, 0.2) is 84.2 Å². The molecule has 0 aliphatic carbocycles. The summed E-state index contributed by atoms with van der Waals surface area (Å²) in [5.74, 6) is 0.571. The molecule has 4 nitrogen and oxygen atoms in total. The summed E-state index contributed by atoms with van der Waals surface area (Å²) < 4.78 is 0. The molecule has 108 valence electrons. The summed E-state index contributed by atoms with van der Waals surface area (Å²) in [6.07, 6.45) is 3.44. The van der Waals surface area contributed by atoms with E-state index in [1.165, 1.54) is 0 Å². The van der Waals surface area contributed by atoms with E-state index in [2.05, 4.69) is 20.5 Å². The van der Waals surface area contributed by atoms with Gasteiger partial charge in [-0.3, -0.25) is 10.1 Å². The van der Waals surface area contributed by atoms with Gasteiger partial charge in [0.15, 0.2) is 0 Å². The van der Waals surface area contributed by atoms with E-state index < -0.39 is 0 Å². The van der Waals surface area contributed by atoms with Gasteiger partial charge in [0, 0.05) is 11.8 Å². The predicted octanol–water partition coefficient (Wildman–Crippen LogP) is 3.93. The zero-order valence-electron chi connectivity index (χ0n) is 11.6. The molecule has 0 radical (unpaired) electrons. The van der Waals surface area contributed by atoms with Crippen LogP contribution in [0, 0.1) is 0 Å². The van der Waals surface area contributed by atoms with Crippen molar-refractivity contribution >= 4 is 11.5 Å². The normalized spacial score (nSPS) is 10.6. The van der Waals surface area contributed by atoms with Crippen LogP contribution in [-0.4, -0.2) is 15.7 Å². The van der Waals surface area contributed by atoms with E-state index in [0.717, 1.165) is 17.0 Å². The van der Waals surface area contributed by atoms with Gasteiger partial charge in [-0.1, -0.05) is 60.8 Å². The number of nitrogens with zero attached hydrogens (tertiary/aromatic N) is 4. The minimum Gasteiger partial charge on any atom is -0.442 e. The number of rotatable bonds is 4. The van der Waals surface area contributed by atoms with Gasteiger partial charge >= 0.3 is 17.1 Å². The van der Waals surface area contributed by atoms with Crippen molar-refractivity contribution in [3.8, 4) is 0 Å². The van der Waals surface area contributed by atoms with Gasteiger partial charge in [0.05, 0.1) is 11.4 Å². The van der Waals surface area contributed by atoms with Gasteiger partial charge in [0.1, 0.15) is 0 Å². The molecular weight excluding hydrogens is 316 g/mol. The number of hydrogen-bond acceptors (Lipinski definition) is 3. The number of benzene rings is 1. The Kier molecular flexibility index (Phi) is 5.83. The van der Waals surface area contributed by atoms with Crippen molar-refractivity contribution in [3.05, 3.63) is 95.8 Å². The van der Waals surface area contributed by atoms with Crippen LogP contribution in [0.5, 0.6) is 0 Å². The molecule has 2 heterocycles. The summed E-state index contributed by atoms with van der Waals surface area (Å²) in [5.41, 5.74) is 6.67. The Hall–Kier alpha value is -2.49. The van der Waals surface area contributed by atoms with Crippen molar-refractivity contribution in [1.82, 2.24) is 9.97 Å². The van der Waals surface area contributed by atoms with Crippen molar-refractivity contribution in [2.24, 2.45) is 5.10 Å². The zero-order chi connectivity index (χ0) is 14.3. The fraction of sp³-hybridized carbons (Fsp3) is 0. The van der Waals surface area contributed by atoms with Gasteiger partial charge in [0.2, 0.25) is 0 Å². The summed E-state index contributed by atoms with van der Waals surface area (Å²) >= 11 is 0. The Bertz CT molecular complexity index is 674. The van der Waals surface area contributed by atoms with E-state index in [9.17, 15) is 0 Å². The molecule has 1 aromatic carbocycles.